The molecule has 0 aliphatic rings. The Morgan fingerprint density at radius 2 is 1.74 bits per heavy atom. The number of hydrogen-bond donors (Lipinski definition) is 2. The molecule has 0 amide bonds. The van der Waals surface area contributed by atoms with E-state index in [0.29, 0.717) is 28.8 Å². The number of ether oxygens (including phenoxy) is 1. The van der Waals surface area contributed by atoms with Gasteiger partial charge in [0.05, 0.1) is 9.92 Å². The van der Waals surface area contributed by atoms with Crippen molar-refractivity contribution in [2.45, 2.75) is 18.4 Å². The minimum atomic E-state index is -3.73. The molecule has 3 aromatic rings. The number of anilines is 1. The number of benzene rings is 3. The van der Waals surface area contributed by atoms with E-state index in [-0.39, 0.29) is 4.90 Å². The van der Waals surface area contributed by atoms with E-state index in [1.807, 2.05) is 13.0 Å². The Morgan fingerprint density at radius 3 is 2.41 bits per heavy atom. The van der Waals surface area contributed by atoms with Crippen molar-refractivity contribution in [3.8, 4) is 11.5 Å². The fraction of sp³-hybridized carbons (Fsp3) is 0.100. The highest BCUT2D eigenvalue weighted by molar-refractivity contribution is 7.92. The van der Waals surface area contributed by atoms with E-state index >= 15 is 0 Å². The Balaban J connectivity index is 1.79. The van der Waals surface area contributed by atoms with Crippen LogP contribution in [-0.4, -0.2) is 8.42 Å². The summed E-state index contributed by atoms with van der Waals surface area (Å²) in [5.74, 6) is 0.991. The molecule has 0 spiro atoms. The van der Waals surface area contributed by atoms with Gasteiger partial charge in [0.2, 0.25) is 0 Å². The van der Waals surface area contributed by atoms with Crippen LogP contribution in [-0.2, 0) is 16.6 Å². The number of halogens is 1. The minimum absolute atomic E-state index is 0.129. The van der Waals surface area contributed by atoms with Crippen LogP contribution in [0.4, 0.5) is 5.69 Å². The molecular weight excluding hydrogens is 384 g/mol. The smallest absolute Gasteiger partial charge is 0.261 e. The Morgan fingerprint density at radius 1 is 1.04 bits per heavy atom. The maximum absolute atomic E-state index is 12.6. The summed E-state index contributed by atoms with van der Waals surface area (Å²) in [4.78, 5) is 0.129. The molecule has 0 bridgehead atoms. The third-order valence-electron chi connectivity index (χ3n) is 3.82. The van der Waals surface area contributed by atoms with Gasteiger partial charge in [-0.2, -0.15) is 0 Å². The molecule has 0 heterocycles. The average Bonchev–Trinajstić information content (AvgIpc) is 2.63. The first-order valence-electron chi connectivity index (χ1n) is 8.23. The molecule has 3 aromatic carbocycles. The summed E-state index contributed by atoms with van der Waals surface area (Å²) < 4.78 is 33.5. The van der Waals surface area contributed by atoms with Gasteiger partial charge in [-0.3, -0.25) is 4.72 Å². The van der Waals surface area contributed by atoms with Crippen LogP contribution in [0.15, 0.2) is 71.6 Å². The SMILES string of the molecule is Cc1cc(CN)cc(NS(=O)(=O)c2ccc(Oc3ccccc3Cl)cc2)c1. The third-order valence-corrected chi connectivity index (χ3v) is 5.53. The second-order valence-electron chi connectivity index (χ2n) is 6.02. The number of para-hydroxylation sites is 1. The summed E-state index contributed by atoms with van der Waals surface area (Å²) in [5, 5.41) is 0.478. The van der Waals surface area contributed by atoms with E-state index in [9.17, 15) is 8.42 Å². The second kappa shape index (κ2) is 8.00. The molecule has 140 valence electrons. The maximum Gasteiger partial charge on any atom is 0.261 e. The predicted molar refractivity (Wildman–Crippen MR) is 108 cm³/mol. The molecule has 0 aliphatic carbocycles. The lowest BCUT2D eigenvalue weighted by molar-refractivity contribution is 0.482. The van der Waals surface area contributed by atoms with E-state index in [2.05, 4.69) is 4.72 Å². The molecule has 0 aliphatic heterocycles. The van der Waals surface area contributed by atoms with Gasteiger partial charge in [0.25, 0.3) is 10.0 Å². The number of aryl methyl sites for hydroxylation is 1. The number of sulfonamides is 1. The van der Waals surface area contributed by atoms with Crippen LogP contribution in [0.25, 0.3) is 0 Å². The standard InChI is InChI=1S/C20H19ClN2O3S/c1-14-10-15(13-22)12-16(11-14)23-27(24,25)18-8-6-17(7-9-18)26-20-5-3-2-4-19(20)21/h2-12,23H,13,22H2,1H3. The van der Waals surface area contributed by atoms with Crippen molar-refractivity contribution in [2.75, 3.05) is 4.72 Å². The van der Waals surface area contributed by atoms with Gasteiger partial charge >= 0.3 is 0 Å². The van der Waals surface area contributed by atoms with Gasteiger partial charge in [-0.1, -0.05) is 29.8 Å². The monoisotopic (exact) mass is 402 g/mol. The molecule has 0 radical (unpaired) electrons. The number of hydrogen-bond acceptors (Lipinski definition) is 4. The Kier molecular flexibility index (Phi) is 5.70. The van der Waals surface area contributed by atoms with Gasteiger partial charge in [-0.05, 0) is 66.6 Å². The van der Waals surface area contributed by atoms with Gasteiger partial charge in [0.15, 0.2) is 0 Å². The van der Waals surface area contributed by atoms with E-state index in [1.54, 1.807) is 48.5 Å². The Labute approximate surface area is 163 Å². The fourth-order valence-corrected chi connectivity index (χ4v) is 3.81. The maximum atomic E-state index is 12.6. The van der Waals surface area contributed by atoms with Crippen LogP contribution < -0.4 is 15.2 Å². The third kappa shape index (κ3) is 4.80. The summed E-state index contributed by atoms with van der Waals surface area (Å²) in [6.07, 6.45) is 0. The zero-order valence-electron chi connectivity index (χ0n) is 14.6. The average molecular weight is 403 g/mol. The molecule has 27 heavy (non-hydrogen) atoms. The molecule has 0 fully saturated rings. The van der Waals surface area contributed by atoms with Crippen molar-refractivity contribution in [2.24, 2.45) is 5.73 Å². The van der Waals surface area contributed by atoms with Crippen LogP contribution in [0.5, 0.6) is 11.5 Å². The molecular formula is C20H19ClN2O3S. The molecule has 0 unspecified atom stereocenters. The Bertz CT molecular complexity index is 1050. The fourth-order valence-electron chi connectivity index (χ4n) is 2.59. The quantitative estimate of drug-likeness (QED) is 0.626. The van der Waals surface area contributed by atoms with Crippen LogP contribution in [0, 0.1) is 6.92 Å². The van der Waals surface area contributed by atoms with Crippen LogP contribution in [0.2, 0.25) is 5.02 Å². The van der Waals surface area contributed by atoms with Gasteiger partial charge in [-0.15, -0.1) is 0 Å². The van der Waals surface area contributed by atoms with E-state index in [1.165, 1.54) is 12.1 Å². The normalized spacial score (nSPS) is 11.2. The van der Waals surface area contributed by atoms with E-state index in [0.717, 1.165) is 11.1 Å². The highest BCUT2D eigenvalue weighted by atomic mass is 35.5. The predicted octanol–water partition coefficient (Wildman–Crippen LogP) is 4.70. The lowest BCUT2D eigenvalue weighted by Crippen LogP contribution is -2.13. The molecule has 0 saturated carbocycles. The van der Waals surface area contributed by atoms with Crippen molar-refractivity contribution in [3.63, 3.8) is 0 Å². The van der Waals surface area contributed by atoms with Crippen molar-refractivity contribution in [3.05, 3.63) is 82.9 Å². The molecule has 3 rings (SSSR count). The summed E-state index contributed by atoms with van der Waals surface area (Å²) in [6.45, 7) is 2.22. The number of rotatable bonds is 6. The minimum Gasteiger partial charge on any atom is -0.456 e. The summed E-state index contributed by atoms with van der Waals surface area (Å²) in [6, 6.07) is 18.6. The summed E-state index contributed by atoms with van der Waals surface area (Å²) in [7, 11) is -3.73. The number of nitrogens with one attached hydrogen (secondary N) is 1. The van der Waals surface area contributed by atoms with Crippen LogP contribution in [0.3, 0.4) is 0 Å². The van der Waals surface area contributed by atoms with E-state index < -0.39 is 10.0 Å². The first kappa shape index (κ1) is 19.2. The largest absolute Gasteiger partial charge is 0.456 e. The van der Waals surface area contributed by atoms with Crippen LogP contribution >= 0.6 is 11.6 Å². The lowest BCUT2D eigenvalue weighted by Gasteiger charge is -2.11. The van der Waals surface area contributed by atoms with Gasteiger partial charge in [0.1, 0.15) is 11.5 Å². The topological polar surface area (TPSA) is 81.4 Å². The highest BCUT2D eigenvalue weighted by Gasteiger charge is 2.15. The van der Waals surface area contributed by atoms with Crippen molar-refractivity contribution in [1.29, 1.82) is 0 Å². The lowest BCUT2D eigenvalue weighted by atomic mass is 10.1. The van der Waals surface area contributed by atoms with E-state index in [4.69, 9.17) is 22.1 Å². The molecule has 0 aromatic heterocycles. The molecule has 0 saturated heterocycles. The first-order valence-corrected chi connectivity index (χ1v) is 10.1. The Hall–Kier alpha value is -2.54. The number of nitrogens with two attached hydrogens (primary N) is 1. The second-order valence-corrected chi connectivity index (χ2v) is 8.11. The van der Waals surface area contributed by atoms with Gasteiger partial charge in [0, 0.05) is 12.2 Å². The van der Waals surface area contributed by atoms with Crippen molar-refractivity contribution >= 4 is 27.3 Å². The van der Waals surface area contributed by atoms with Crippen LogP contribution in [0.1, 0.15) is 11.1 Å². The van der Waals surface area contributed by atoms with Gasteiger partial charge < -0.3 is 10.5 Å². The summed E-state index contributed by atoms with van der Waals surface area (Å²) >= 11 is 6.07. The van der Waals surface area contributed by atoms with Gasteiger partial charge in [-0.25, -0.2) is 8.42 Å². The van der Waals surface area contributed by atoms with Crippen molar-refractivity contribution < 1.29 is 13.2 Å². The molecule has 5 nitrogen and oxygen atoms in total. The molecule has 3 N–H and O–H groups in total. The zero-order chi connectivity index (χ0) is 19.4. The zero-order valence-corrected chi connectivity index (χ0v) is 16.2. The van der Waals surface area contributed by atoms with Crippen molar-refractivity contribution in [1.82, 2.24) is 0 Å². The molecule has 7 heteroatoms. The molecule has 0 atom stereocenters. The first-order chi connectivity index (χ1) is 12.9. The summed E-state index contributed by atoms with van der Waals surface area (Å²) in [5.41, 5.74) is 7.92. The highest BCUT2D eigenvalue weighted by Crippen LogP contribution is 2.29.